The Kier molecular flexibility index (Phi) is 4.85. The van der Waals surface area contributed by atoms with Crippen LogP contribution in [0.4, 0.5) is 17.6 Å². The third-order valence-electron chi connectivity index (χ3n) is 3.85. The number of alkyl halides is 3. The Balaban J connectivity index is 1.97. The van der Waals surface area contributed by atoms with Crippen molar-refractivity contribution in [3.05, 3.63) is 35.1 Å². The number of amides is 1. The molecule has 0 atom stereocenters. The van der Waals surface area contributed by atoms with Crippen LogP contribution in [-0.4, -0.2) is 12.5 Å². The maximum absolute atomic E-state index is 13.5. The highest BCUT2D eigenvalue weighted by molar-refractivity contribution is 5.94. The number of rotatable bonds is 4. The van der Waals surface area contributed by atoms with Crippen LogP contribution in [0.25, 0.3) is 0 Å². The van der Waals surface area contributed by atoms with Crippen LogP contribution in [0.3, 0.4) is 0 Å². The van der Waals surface area contributed by atoms with Gasteiger partial charge in [-0.1, -0.05) is 25.7 Å². The Morgan fingerprint density at radius 1 is 1.24 bits per heavy atom. The molecule has 1 aromatic rings. The number of hydrogen-bond acceptors (Lipinski definition) is 1. The summed E-state index contributed by atoms with van der Waals surface area (Å²) in [5, 5.41) is 2.50. The molecule has 0 aliphatic heterocycles. The predicted octanol–water partition coefficient (Wildman–Crippen LogP) is 4.15. The number of benzene rings is 1. The summed E-state index contributed by atoms with van der Waals surface area (Å²) in [5.74, 6) is -1.19. The Morgan fingerprint density at radius 3 is 2.52 bits per heavy atom. The van der Waals surface area contributed by atoms with Crippen molar-refractivity contribution in [1.29, 1.82) is 0 Å². The minimum Gasteiger partial charge on any atom is -0.352 e. The van der Waals surface area contributed by atoms with E-state index in [-0.39, 0.29) is 0 Å². The van der Waals surface area contributed by atoms with E-state index in [2.05, 4.69) is 5.32 Å². The first-order valence-electron chi connectivity index (χ1n) is 7.03. The Labute approximate surface area is 120 Å². The van der Waals surface area contributed by atoms with Crippen LogP contribution in [0, 0.1) is 11.7 Å². The van der Waals surface area contributed by atoms with E-state index in [1.165, 1.54) is 12.8 Å². The van der Waals surface area contributed by atoms with E-state index in [0.29, 0.717) is 30.7 Å². The molecule has 21 heavy (non-hydrogen) atoms. The van der Waals surface area contributed by atoms with Gasteiger partial charge in [0.25, 0.3) is 5.91 Å². The fourth-order valence-corrected chi connectivity index (χ4v) is 2.66. The van der Waals surface area contributed by atoms with Crippen LogP contribution in [0.2, 0.25) is 0 Å². The second-order valence-corrected chi connectivity index (χ2v) is 5.39. The zero-order chi connectivity index (χ0) is 15.5. The number of carbonyl (C=O) groups excluding carboxylic acids is 1. The summed E-state index contributed by atoms with van der Waals surface area (Å²) >= 11 is 0. The van der Waals surface area contributed by atoms with Crippen molar-refractivity contribution in [1.82, 2.24) is 5.32 Å². The van der Waals surface area contributed by atoms with Gasteiger partial charge < -0.3 is 5.32 Å². The summed E-state index contributed by atoms with van der Waals surface area (Å²) in [6.45, 7) is 0.360. The van der Waals surface area contributed by atoms with Crippen molar-refractivity contribution >= 4 is 5.91 Å². The fraction of sp³-hybridized carbons (Fsp3) is 0.533. The highest BCUT2D eigenvalue weighted by Gasteiger charge is 2.31. The van der Waals surface area contributed by atoms with Crippen molar-refractivity contribution < 1.29 is 22.4 Å². The maximum atomic E-state index is 13.5. The standard InChI is InChI=1S/C15H17F4NO/c16-13-6-5-11(15(17,18)19)9-12(13)14(21)20-8-7-10-3-1-2-4-10/h5-6,9-10H,1-4,7-8H2,(H,20,21). The van der Waals surface area contributed by atoms with Gasteiger partial charge in [0.05, 0.1) is 11.1 Å². The average molecular weight is 303 g/mol. The van der Waals surface area contributed by atoms with Crippen LogP contribution in [-0.2, 0) is 6.18 Å². The van der Waals surface area contributed by atoms with Gasteiger partial charge in [0, 0.05) is 6.54 Å². The highest BCUT2D eigenvalue weighted by atomic mass is 19.4. The van der Waals surface area contributed by atoms with Crippen LogP contribution in [0.5, 0.6) is 0 Å². The molecule has 2 nitrogen and oxygen atoms in total. The van der Waals surface area contributed by atoms with E-state index in [0.717, 1.165) is 19.3 Å². The van der Waals surface area contributed by atoms with Crippen LogP contribution >= 0.6 is 0 Å². The molecule has 0 aromatic heterocycles. The van der Waals surface area contributed by atoms with Gasteiger partial charge in [0.1, 0.15) is 5.82 Å². The van der Waals surface area contributed by atoms with E-state index in [1.54, 1.807) is 0 Å². The van der Waals surface area contributed by atoms with Gasteiger partial charge in [-0.05, 0) is 30.5 Å². The minimum atomic E-state index is -4.59. The summed E-state index contributed by atoms with van der Waals surface area (Å²) in [6, 6.07) is 1.86. The van der Waals surface area contributed by atoms with E-state index in [1.807, 2.05) is 0 Å². The average Bonchev–Trinajstić information content (AvgIpc) is 2.91. The number of carbonyl (C=O) groups is 1. The first-order chi connectivity index (χ1) is 9.88. The van der Waals surface area contributed by atoms with Crippen molar-refractivity contribution in [2.24, 2.45) is 5.92 Å². The van der Waals surface area contributed by atoms with Gasteiger partial charge >= 0.3 is 6.18 Å². The van der Waals surface area contributed by atoms with Crippen molar-refractivity contribution in [3.63, 3.8) is 0 Å². The van der Waals surface area contributed by atoms with Gasteiger partial charge in [0.2, 0.25) is 0 Å². The van der Waals surface area contributed by atoms with Crippen molar-refractivity contribution in [3.8, 4) is 0 Å². The zero-order valence-electron chi connectivity index (χ0n) is 11.5. The molecule has 0 heterocycles. The molecule has 1 fully saturated rings. The van der Waals surface area contributed by atoms with Gasteiger partial charge in [-0.25, -0.2) is 4.39 Å². The first kappa shape index (κ1) is 15.8. The lowest BCUT2D eigenvalue weighted by Crippen LogP contribution is -2.27. The molecule has 1 aromatic carbocycles. The molecule has 6 heteroatoms. The molecule has 0 saturated heterocycles. The van der Waals surface area contributed by atoms with E-state index in [9.17, 15) is 22.4 Å². The summed E-state index contributed by atoms with van der Waals surface area (Å²) in [6.07, 6.45) is 0.794. The van der Waals surface area contributed by atoms with Gasteiger partial charge in [-0.3, -0.25) is 4.79 Å². The lowest BCUT2D eigenvalue weighted by atomic mass is 10.0. The van der Waals surface area contributed by atoms with Gasteiger partial charge in [-0.15, -0.1) is 0 Å². The predicted molar refractivity (Wildman–Crippen MR) is 70.3 cm³/mol. The topological polar surface area (TPSA) is 29.1 Å². The zero-order valence-corrected chi connectivity index (χ0v) is 11.5. The largest absolute Gasteiger partial charge is 0.416 e. The Morgan fingerprint density at radius 2 is 1.90 bits per heavy atom. The fourth-order valence-electron chi connectivity index (χ4n) is 2.66. The maximum Gasteiger partial charge on any atom is 0.416 e. The molecular formula is C15H17F4NO. The number of nitrogens with one attached hydrogen (secondary N) is 1. The van der Waals surface area contributed by atoms with E-state index in [4.69, 9.17) is 0 Å². The molecule has 2 rings (SSSR count). The van der Waals surface area contributed by atoms with Crippen LogP contribution in [0.1, 0.15) is 48.0 Å². The first-order valence-corrected chi connectivity index (χ1v) is 7.03. The highest BCUT2D eigenvalue weighted by Crippen LogP contribution is 2.30. The third kappa shape index (κ3) is 4.19. The Hall–Kier alpha value is -1.59. The Bertz CT molecular complexity index is 507. The SMILES string of the molecule is O=C(NCCC1CCCC1)c1cc(C(F)(F)F)ccc1F. The smallest absolute Gasteiger partial charge is 0.352 e. The molecule has 116 valence electrons. The number of halogens is 4. The number of hydrogen-bond donors (Lipinski definition) is 1. The van der Waals surface area contributed by atoms with Crippen molar-refractivity contribution in [2.75, 3.05) is 6.54 Å². The summed E-state index contributed by atoms with van der Waals surface area (Å²) in [4.78, 5) is 11.8. The minimum absolute atomic E-state index is 0.360. The molecule has 0 bridgehead atoms. The van der Waals surface area contributed by atoms with E-state index >= 15 is 0 Å². The summed E-state index contributed by atoms with van der Waals surface area (Å²) in [7, 11) is 0. The van der Waals surface area contributed by atoms with Crippen LogP contribution in [0.15, 0.2) is 18.2 Å². The summed E-state index contributed by atoms with van der Waals surface area (Å²) < 4.78 is 51.2. The quantitative estimate of drug-likeness (QED) is 0.832. The third-order valence-corrected chi connectivity index (χ3v) is 3.85. The molecule has 1 aliphatic rings. The molecule has 0 radical (unpaired) electrons. The second kappa shape index (κ2) is 6.45. The molecular weight excluding hydrogens is 286 g/mol. The molecule has 1 aliphatic carbocycles. The normalized spacial score (nSPS) is 16.2. The van der Waals surface area contributed by atoms with Crippen molar-refractivity contribution in [2.45, 2.75) is 38.3 Å². The molecule has 0 spiro atoms. The van der Waals surface area contributed by atoms with Crippen LogP contribution < -0.4 is 5.32 Å². The lowest BCUT2D eigenvalue weighted by Gasteiger charge is -2.12. The molecule has 0 unspecified atom stereocenters. The van der Waals surface area contributed by atoms with Gasteiger partial charge in [0.15, 0.2) is 0 Å². The molecule has 1 amide bonds. The van der Waals surface area contributed by atoms with E-state index < -0.39 is 29.0 Å². The lowest BCUT2D eigenvalue weighted by molar-refractivity contribution is -0.137. The monoisotopic (exact) mass is 303 g/mol. The second-order valence-electron chi connectivity index (χ2n) is 5.39. The molecule has 1 saturated carbocycles. The van der Waals surface area contributed by atoms with Gasteiger partial charge in [-0.2, -0.15) is 13.2 Å². The summed E-state index contributed by atoms with van der Waals surface area (Å²) in [5.41, 5.74) is -1.58. The molecule has 1 N–H and O–H groups in total.